The van der Waals surface area contributed by atoms with Crippen LogP contribution in [0.25, 0.3) is 0 Å². The van der Waals surface area contributed by atoms with Crippen LogP contribution < -0.4 is 0 Å². The van der Waals surface area contributed by atoms with Crippen molar-refractivity contribution in [3.8, 4) is 0 Å². The van der Waals surface area contributed by atoms with Gasteiger partial charge in [-0.3, -0.25) is 0 Å². The minimum absolute atomic E-state index is 0.103. The van der Waals surface area contributed by atoms with E-state index < -0.39 is 0 Å². The number of nitrogens with zero attached hydrogens (tertiary/aromatic N) is 6. The van der Waals surface area contributed by atoms with Crippen LogP contribution in [-0.2, 0) is 0 Å². The lowest BCUT2D eigenvalue weighted by Gasteiger charge is -2.39. The van der Waals surface area contributed by atoms with Crippen LogP contribution >= 0.6 is 0 Å². The molecule has 0 aromatic rings. The molecule has 3 aliphatic heterocycles. The van der Waals surface area contributed by atoms with E-state index in [-0.39, 0.29) is 6.04 Å². The summed E-state index contributed by atoms with van der Waals surface area (Å²) >= 11 is 0. The summed E-state index contributed by atoms with van der Waals surface area (Å²) in [7, 11) is 2.16. The monoisotopic (exact) mass is 310 g/mol. The third-order valence-corrected chi connectivity index (χ3v) is 4.63. The van der Waals surface area contributed by atoms with E-state index in [0.29, 0.717) is 0 Å². The summed E-state index contributed by atoms with van der Waals surface area (Å²) < 4.78 is 0. The Balaban J connectivity index is 1.67. The van der Waals surface area contributed by atoms with Gasteiger partial charge in [0.15, 0.2) is 0 Å². The fourth-order valence-corrected chi connectivity index (χ4v) is 3.22. The average Bonchev–Trinajstić information content (AvgIpc) is 3.09. The predicted molar refractivity (Wildman–Crippen MR) is 90.7 cm³/mol. The molecule has 120 valence electrons. The first-order chi connectivity index (χ1) is 11.2. The SMILES string of the molecule is CC1C=C2C(C3=CC=CC3)=CN=C(N3CCN(C)CC3)N2N=N1. The van der Waals surface area contributed by atoms with E-state index in [1.54, 1.807) is 0 Å². The third-order valence-electron chi connectivity index (χ3n) is 4.63. The van der Waals surface area contributed by atoms with Gasteiger partial charge in [0.1, 0.15) is 0 Å². The number of guanidine groups is 1. The quantitative estimate of drug-likeness (QED) is 0.747. The van der Waals surface area contributed by atoms with Gasteiger partial charge in [-0.1, -0.05) is 23.5 Å². The molecule has 23 heavy (non-hydrogen) atoms. The lowest BCUT2D eigenvalue weighted by molar-refractivity contribution is 0.199. The van der Waals surface area contributed by atoms with Crippen LogP contribution in [0.4, 0.5) is 0 Å². The first kappa shape index (κ1) is 14.4. The molecule has 0 aromatic carbocycles. The smallest absolute Gasteiger partial charge is 0.228 e. The second-order valence-electron chi connectivity index (χ2n) is 6.40. The molecule has 3 heterocycles. The second kappa shape index (κ2) is 5.77. The molecule has 4 rings (SSSR count). The highest BCUT2D eigenvalue weighted by atomic mass is 15.6. The van der Waals surface area contributed by atoms with Crippen molar-refractivity contribution in [1.29, 1.82) is 0 Å². The highest BCUT2D eigenvalue weighted by Gasteiger charge is 2.32. The number of fused-ring (bicyclic) bond motifs is 1. The van der Waals surface area contributed by atoms with Crippen molar-refractivity contribution >= 4 is 5.96 Å². The molecule has 1 atom stereocenters. The summed E-state index contributed by atoms with van der Waals surface area (Å²) in [6.45, 7) is 6.10. The Morgan fingerprint density at radius 1 is 1.17 bits per heavy atom. The lowest BCUT2D eigenvalue weighted by atomic mass is 10.00. The molecule has 0 bridgehead atoms. The normalized spacial score (nSPS) is 27.5. The van der Waals surface area contributed by atoms with Gasteiger partial charge in [-0.05, 0) is 32.0 Å². The van der Waals surface area contributed by atoms with Crippen molar-refractivity contribution in [3.63, 3.8) is 0 Å². The van der Waals surface area contributed by atoms with Crippen LogP contribution in [0.1, 0.15) is 13.3 Å². The Hall–Kier alpha value is -2.21. The first-order valence-corrected chi connectivity index (χ1v) is 8.23. The van der Waals surface area contributed by atoms with E-state index in [4.69, 9.17) is 4.99 Å². The minimum atomic E-state index is 0.103. The Morgan fingerprint density at radius 2 is 2.00 bits per heavy atom. The maximum Gasteiger partial charge on any atom is 0.228 e. The van der Waals surface area contributed by atoms with Crippen molar-refractivity contribution < 1.29 is 0 Å². The number of aliphatic imine (C=N–C) groups is 1. The number of likely N-dealkylation sites (N-methyl/N-ethyl adjacent to an activating group) is 1. The fourth-order valence-electron chi connectivity index (χ4n) is 3.22. The molecule has 1 aliphatic carbocycles. The van der Waals surface area contributed by atoms with Gasteiger partial charge in [-0.25, -0.2) is 4.99 Å². The van der Waals surface area contributed by atoms with Crippen molar-refractivity contribution in [3.05, 3.63) is 47.3 Å². The predicted octanol–water partition coefficient (Wildman–Crippen LogP) is 2.33. The summed E-state index contributed by atoms with van der Waals surface area (Å²) in [5, 5.41) is 10.7. The summed E-state index contributed by atoms with van der Waals surface area (Å²) in [5.74, 6) is 0.898. The van der Waals surface area contributed by atoms with E-state index in [2.05, 4.69) is 58.4 Å². The lowest BCUT2D eigenvalue weighted by Crippen LogP contribution is -2.52. The molecular formula is C17H22N6. The number of piperazine rings is 1. The van der Waals surface area contributed by atoms with Gasteiger partial charge >= 0.3 is 0 Å². The maximum absolute atomic E-state index is 4.74. The Bertz CT molecular complexity index is 673. The Labute approximate surface area is 136 Å². The van der Waals surface area contributed by atoms with Crippen LogP contribution in [0.3, 0.4) is 0 Å². The van der Waals surface area contributed by atoms with Crippen molar-refractivity contribution in [2.24, 2.45) is 15.3 Å². The molecule has 0 N–H and O–H groups in total. The molecule has 0 aromatic heterocycles. The zero-order valence-electron chi connectivity index (χ0n) is 13.7. The summed E-state index contributed by atoms with van der Waals surface area (Å²) in [6, 6.07) is 0.103. The summed E-state index contributed by atoms with van der Waals surface area (Å²) in [5.41, 5.74) is 3.58. The topological polar surface area (TPSA) is 46.8 Å². The highest BCUT2D eigenvalue weighted by Crippen LogP contribution is 2.34. The molecule has 0 radical (unpaired) electrons. The van der Waals surface area contributed by atoms with Crippen molar-refractivity contribution in [2.75, 3.05) is 33.2 Å². The van der Waals surface area contributed by atoms with Gasteiger partial charge in [0.05, 0.1) is 11.7 Å². The van der Waals surface area contributed by atoms with Crippen molar-refractivity contribution in [2.45, 2.75) is 19.4 Å². The summed E-state index contributed by atoms with van der Waals surface area (Å²) in [4.78, 5) is 9.38. The molecule has 0 saturated carbocycles. The minimum Gasteiger partial charge on any atom is -0.338 e. The molecule has 1 saturated heterocycles. The van der Waals surface area contributed by atoms with Crippen LogP contribution in [0.5, 0.6) is 0 Å². The van der Waals surface area contributed by atoms with Gasteiger partial charge < -0.3 is 9.80 Å². The molecule has 6 heteroatoms. The van der Waals surface area contributed by atoms with Crippen LogP contribution in [0, 0.1) is 0 Å². The third kappa shape index (κ3) is 2.63. The molecule has 0 amide bonds. The van der Waals surface area contributed by atoms with E-state index in [0.717, 1.165) is 44.3 Å². The molecule has 1 fully saturated rings. The van der Waals surface area contributed by atoms with Gasteiger partial charge in [0, 0.05) is 38.0 Å². The average molecular weight is 310 g/mol. The zero-order valence-corrected chi connectivity index (χ0v) is 13.7. The Morgan fingerprint density at radius 3 is 2.74 bits per heavy atom. The molecule has 4 aliphatic rings. The number of allylic oxidation sites excluding steroid dienone is 4. The van der Waals surface area contributed by atoms with Crippen LogP contribution in [-0.4, -0.2) is 60.0 Å². The standard InChI is InChI=1S/C17H22N6/c1-13-11-16-15(14-5-3-4-6-14)12-18-17(23(16)20-19-13)22-9-7-21(2)8-10-22/h3-5,11-13H,6-10H2,1-2H3. The molecule has 6 nitrogen and oxygen atoms in total. The van der Waals surface area contributed by atoms with Gasteiger partial charge in [0.2, 0.25) is 5.96 Å². The Kier molecular flexibility index (Phi) is 3.61. The second-order valence-corrected chi connectivity index (χ2v) is 6.40. The molecule has 0 spiro atoms. The highest BCUT2D eigenvalue weighted by molar-refractivity contribution is 5.85. The van der Waals surface area contributed by atoms with E-state index >= 15 is 0 Å². The van der Waals surface area contributed by atoms with Crippen LogP contribution in [0.2, 0.25) is 0 Å². The van der Waals surface area contributed by atoms with Crippen LogP contribution in [0.15, 0.2) is 62.7 Å². The van der Waals surface area contributed by atoms with E-state index in [1.807, 2.05) is 11.2 Å². The van der Waals surface area contributed by atoms with Gasteiger partial charge in [0.25, 0.3) is 0 Å². The van der Waals surface area contributed by atoms with E-state index in [9.17, 15) is 0 Å². The number of hydrogen-bond donors (Lipinski definition) is 0. The van der Waals surface area contributed by atoms with Crippen molar-refractivity contribution in [1.82, 2.24) is 14.8 Å². The summed E-state index contributed by atoms with van der Waals surface area (Å²) in [6.07, 6.45) is 11.6. The number of rotatable bonds is 1. The van der Waals surface area contributed by atoms with Gasteiger partial charge in [-0.15, -0.1) is 0 Å². The van der Waals surface area contributed by atoms with E-state index in [1.165, 1.54) is 11.1 Å². The zero-order chi connectivity index (χ0) is 15.8. The fraction of sp³-hybridized carbons (Fsp3) is 0.471. The first-order valence-electron chi connectivity index (χ1n) is 8.23. The molecular weight excluding hydrogens is 288 g/mol. The largest absolute Gasteiger partial charge is 0.338 e. The van der Waals surface area contributed by atoms with Gasteiger partial charge in [-0.2, -0.15) is 10.1 Å². The molecule has 1 unspecified atom stereocenters. The maximum atomic E-state index is 4.74. The number of hydrogen-bond acceptors (Lipinski definition) is 6.